The van der Waals surface area contributed by atoms with E-state index in [1.54, 1.807) is 18.2 Å². The van der Waals surface area contributed by atoms with E-state index in [4.69, 9.17) is 10.00 Å². The topological polar surface area (TPSA) is 33.0 Å². The molecule has 0 saturated carbocycles. The van der Waals surface area contributed by atoms with Gasteiger partial charge in [0, 0.05) is 6.07 Å². The number of nitrogens with zero attached hydrogens (tertiary/aromatic N) is 1. The van der Waals surface area contributed by atoms with Gasteiger partial charge in [0.15, 0.2) is 0 Å². The van der Waals surface area contributed by atoms with Gasteiger partial charge in [0.05, 0.1) is 6.61 Å². The van der Waals surface area contributed by atoms with E-state index in [9.17, 15) is 0 Å². The van der Waals surface area contributed by atoms with Gasteiger partial charge in [0.25, 0.3) is 0 Å². The van der Waals surface area contributed by atoms with E-state index in [0.29, 0.717) is 17.9 Å². The first-order chi connectivity index (χ1) is 5.38. The predicted molar refractivity (Wildman–Crippen MR) is 41.2 cm³/mol. The predicted octanol–water partition coefficient (Wildman–Crippen LogP) is 1.76. The number of benzene rings is 1. The van der Waals surface area contributed by atoms with Crippen LogP contribution in [0.3, 0.4) is 0 Å². The summed E-state index contributed by atoms with van der Waals surface area (Å²) < 4.78 is 5.17. The molecule has 1 rings (SSSR count). The Hall–Kier alpha value is -1.49. The Balaban J connectivity index is 2.95. The van der Waals surface area contributed by atoms with Gasteiger partial charge in [-0.2, -0.15) is 5.26 Å². The lowest BCUT2D eigenvalue weighted by Crippen LogP contribution is -1.93. The van der Waals surface area contributed by atoms with Crippen molar-refractivity contribution in [1.82, 2.24) is 0 Å². The van der Waals surface area contributed by atoms with Crippen LogP contribution in [0.2, 0.25) is 0 Å². The van der Waals surface area contributed by atoms with Crippen LogP contribution in [0.5, 0.6) is 5.75 Å². The first kappa shape index (κ1) is 7.62. The fourth-order valence-electron chi connectivity index (χ4n) is 0.785. The lowest BCUT2D eigenvalue weighted by molar-refractivity contribution is 0.339. The fourth-order valence-corrected chi connectivity index (χ4v) is 0.785. The van der Waals surface area contributed by atoms with Gasteiger partial charge in [0.2, 0.25) is 0 Å². The summed E-state index contributed by atoms with van der Waals surface area (Å²) >= 11 is 0. The molecule has 0 fully saturated rings. The van der Waals surface area contributed by atoms with Gasteiger partial charge in [0.1, 0.15) is 17.4 Å². The first-order valence-corrected chi connectivity index (χ1v) is 3.42. The maximum absolute atomic E-state index is 8.58. The quantitative estimate of drug-likeness (QED) is 0.636. The molecular weight excluding hydrogens is 138 g/mol. The molecule has 0 unspecified atom stereocenters. The third kappa shape index (κ3) is 1.71. The van der Waals surface area contributed by atoms with Gasteiger partial charge in [-0.1, -0.05) is 12.1 Å². The Morgan fingerprint density at radius 3 is 3.18 bits per heavy atom. The lowest BCUT2D eigenvalue weighted by Gasteiger charge is -2.02. The molecule has 0 heterocycles. The number of nitriles is 1. The highest BCUT2D eigenvalue weighted by Crippen LogP contribution is 2.15. The number of ether oxygens (including phenoxy) is 1. The monoisotopic (exact) mass is 146 g/mol. The summed E-state index contributed by atoms with van der Waals surface area (Å²) in [7, 11) is 0. The Morgan fingerprint density at radius 1 is 1.73 bits per heavy atom. The van der Waals surface area contributed by atoms with Gasteiger partial charge < -0.3 is 4.74 Å². The number of hydrogen-bond acceptors (Lipinski definition) is 2. The fraction of sp³-hybridized carbons (Fsp3) is 0.222. The van der Waals surface area contributed by atoms with Crippen LogP contribution in [0.15, 0.2) is 18.2 Å². The molecule has 0 aliphatic carbocycles. The molecule has 0 aliphatic heterocycles. The van der Waals surface area contributed by atoms with E-state index < -0.39 is 0 Å². The summed E-state index contributed by atoms with van der Waals surface area (Å²) in [5.74, 6) is 0.609. The molecule has 1 radical (unpaired) electrons. The Morgan fingerprint density at radius 2 is 2.55 bits per heavy atom. The molecule has 0 amide bonds. The Labute approximate surface area is 66.0 Å². The second kappa shape index (κ2) is 3.62. The minimum Gasteiger partial charge on any atom is -0.492 e. The van der Waals surface area contributed by atoms with Crippen LogP contribution in [0.25, 0.3) is 0 Å². The molecule has 2 heteroatoms. The second-order valence-corrected chi connectivity index (χ2v) is 1.95. The molecule has 1 aromatic rings. The molecule has 0 bridgehead atoms. The summed E-state index contributed by atoms with van der Waals surface area (Å²) in [5, 5.41) is 8.58. The van der Waals surface area contributed by atoms with Crippen LogP contribution in [0.1, 0.15) is 12.5 Å². The lowest BCUT2D eigenvalue weighted by atomic mass is 10.2. The molecular formula is C9H8NO. The molecule has 2 nitrogen and oxygen atoms in total. The summed E-state index contributed by atoms with van der Waals surface area (Å²) in [6.45, 7) is 2.46. The van der Waals surface area contributed by atoms with E-state index in [-0.39, 0.29) is 0 Å². The third-order valence-electron chi connectivity index (χ3n) is 1.23. The zero-order chi connectivity index (χ0) is 8.10. The minimum absolute atomic E-state index is 0.467. The van der Waals surface area contributed by atoms with Gasteiger partial charge in [-0.25, -0.2) is 0 Å². The van der Waals surface area contributed by atoms with E-state index in [1.807, 2.05) is 13.0 Å². The van der Waals surface area contributed by atoms with Gasteiger partial charge in [-0.05, 0) is 13.0 Å². The van der Waals surface area contributed by atoms with E-state index in [2.05, 4.69) is 6.07 Å². The molecule has 1 aromatic carbocycles. The zero-order valence-electron chi connectivity index (χ0n) is 6.29. The second-order valence-electron chi connectivity index (χ2n) is 1.95. The van der Waals surface area contributed by atoms with Crippen molar-refractivity contribution in [2.24, 2.45) is 0 Å². The standard InChI is InChI=1S/C9H8NO/c1-2-11-9-6-4-3-5-8(9)7-10/h3-4,6H,2H2,1H3. The van der Waals surface area contributed by atoms with Gasteiger partial charge >= 0.3 is 0 Å². The SMILES string of the molecule is CCOc1ccc[c]c1C#N. The molecule has 0 spiro atoms. The molecule has 0 N–H and O–H groups in total. The molecule has 55 valence electrons. The van der Waals surface area contributed by atoms with Gasteiger partial charge in [-0.3, -0.25) is 0 Å². The summed E-state index contributed by atoms with van der Waals surface area (Å²) in [5.41, 5.74) is 0.467. The van der Waals surface area contributed by atoms with Crippen LogP contribution >= 0.6 is 0 Å². The van der Waals surface area contributed by atoms with Crippen molar-refractivity contribution in [3.8, 4) is 11.8 Å². The highest BCUT2D eigenvalue weighted by Gasteiger charge is 1.98. The first-order valence-electron chi connectivity index (χ1n) is 3.42. The van der Waals surface area contributed by atoms with E-state index >= 15 is 0 Å². The summed E-state index contributed by atoms with van der Waals surface area (Å²) in [4.78, 5) is 0. The van der Waals surface area contributed by atoms with Crippen molar-refractivity contribution in [2.75, 3.05) is 6.61 Å². The van der Waals surface area contributed by atoms with E-state index in [0.717, 1.165) is 0 Å². The summed E-state index contributed by atoms with van der Waals surface area (Å²) in [6.07, 6.45) is 0. The van der Waals surface area contributed by atoms with Crippen molar-refractivity contribution in [2.45, 2.75) is 6.92 Å². The molecule has 0 aliphatic rings. The van der Waals surface area contributed by atoms with Crippen molar-refractivity contribution in [3.63, 3.8) is 0 Å². The molecule has 0 saturated heterocycles. The Kier molecular flexibility index (Phi) is 2.51. The average Bonchev–Trinajstić information content (AvgIpc) is 2.06. The van der Waals surface area contributed by atoms with Crippen molar-refractivity contribution in [3.05, 3.63) is 29.8 Å². The highest BCUT2D eigenvalue weighted by atomic mass is 16.5. The highest BCUT2D eigenvalue weighted by molar-refractivity contribution is 5.41. The number of rotatable bonds is 2. The average molecular weight is 146 g/mol. The largest absolute Gasteiger partial charge is 0.492 e. The Bertz CT molecular complexity index is 275. The van der Waals surface area contributed by atoms with Crippen LogP contribution < -0.4 is 4.74 Å². The van der Waals surface area contributed by atoms with Gasteiger partial charge in [-0.15, -0.1) is 0 Å². The molecule has 0 atom stereocenters. The van der Waals surface area contributed by atoms with Crippen LogP contribution in [0.4, 0.5) is 0 Å². The van der Waals surface area contributed by atoms with Crippen molar-refractivity contribution < 1.29 is 4.74 Å². The molecule has 11 heavy (non-hydrogen) atoms. The molecule has 0 aromatic heterocycles. The van der Waals surface area contributed by atoms with Crippen molar-refractivity contribution >= 4 is 0 Å². The smallest absolute Gasteiger partial charge is 0.137 e. The van der Waals surface area contributed by atoms with Crippen LogP contribution in [-0.4, -0.2) is 6.61 Å². The zero-order valence-corrected chi connectivity index (χ0v) is 6.29. The number of hydrogen-bond donors (Lipinski definition) is 0. The summed E-state index contributed by atoms with van der Waals surface area (Å²) in [6, 6.07) is 10.0. The van der Waals surface area contributed by atoms with Crippen LogP contribution in [-0.2, 0) is 0 Å². The van der Waals surface area contributed by atoms with Crippen molar-refractivity contribution in [1.29, 1.82) is 5.26 Å². The maximum atomic E-state index is 8.58. The minimum atomic E-state index is 0.467. The normalized spacial score (nSPS) is 8.73. The van der Waals surface area contributed by atoms with E-state index in [1.165, 1.54) is 0 Å². The maximum Gasteiger partial charge on any atom is 0.137 e. The third-order valence-corrected chi connectivity index (χ3v) is 1.23. The van der Waals surface area contributed by atoms with Crippen LogP contribution in [0, 0.1) is 17.4 Å².